The molecule has 1 fully saturated rings. The lowest BCUT2D eigenvalue weighted by Crippen LogP contribution is -2.49. The first kappa shape index (κ1) is 12.4. The molecule has 0 aromatic heterocycles. The number of carbonyl (C=O) groups excluding carboxylic acids is 1. The van der Waals surface area contributed by atoms with Gasteiger partial charge in [-0.2, -0.15) is 0 Å². The monoisotopic (exact) mass is 228 g/mol. The topological polar surface area (TPSA) is 55.1 Å². The number of hydrogen-bond acceptors (Lipinski definition) is 2. The van der Waals surface area contributed by atoms with Gasteiger partial charge >= 0.3 is 0 Å². The molecule has 0 saturated heterocycles. The maximum Gasteiger partial charge on any atom is 0.233 e. The van der Waals surface area contributed by atoms with Crippen LogP contribution in [0.3, 0.4) is 0 Å². The summed E-state index contributed by atoms with van der Waals surface area (Å²) in [6.45, 7) is 4.05. The molecule has 1 rings (SSSR count). The zero-order valence-electron chi connectivity index (χ0n) is 9.51. The largest absolute Gasteiger partial charge is 0.392 e. The average molecular weight is 228 g/mol. The highest BCUT2D eigenvalue weighted by molar-refractivity contribution is 7.80. The molecule has 0 heterocycles. The molecular formula is C11H20N2OS. The number of nitrogens with one attached hydrogen (secondary N) is 1. The van der Waals surface area contributed by atoms with Crippen molar-refractivity contribution in [3.05, 3.63) is 0 Å². The summed E-state index contributed by atoms with van der Waals surface area (Å²) >= 11 is 5.05. The Morgan fingerprint density at radius 1 is 1.53 bits per heavy atom. The molecular weight excluding hydrogens is 208 g/mol. The predicted molar refractivity (Wildman–Crippen MR) is 65.6 cm³/mol. The van der Waals surface area contributed by atoms with Crippen LogP contribution in [0.25, 0.3) is 0 Å². The molecule has 1 aliphatic rings. The lowest BCUT2D eigenvalue weighted by molar-refractivity contribution is -0.127. The Bertz CT molecular complexity index is 259. The molecule has 1 atom stereocenters. The van der Waals surface area contributed by atoms with E-state index in [1.54, 1.807) is 0 Å². The Hall–Kier alpha value is -0.640. The Morgan fingerprint density at radius 3 is 2.47 bits per heavy atom. The van der Waals surface area contributed by atoms with Gasteiger partial charge in [-0.05, 0) is 26.2 Å². The average Bonchev–Trinajstić information content (AvgIpc) is 2.67. The van der Waals surface area contributed by atoms with Crippen LogP contribution in [-0.4, -0.2) is 16.9 Å². The third-order valence-electron chi connectivity index (χ3n) is 3.35. The maximum absolute atomic E-state index is 12.1. The van der Waals surface area contributed by atoms with Crippen LogP contribution in [0.1, 0.15) is 46.0 Å². The van der Waals surface area contributed by atoms with Crippen LogP contribution < -0.4 is 11.1 Å². The summed E-state index contributed by atoms with van der Waals surface area (Å²) < 4.78 is 0. The van der Waals surface area contributed by atoms with E-state index in [0.717, 1.165) is 32.1 Å². The number of amides is 1. The van der Waals surface area contributed by atoms with E-state index in [0.29, 0.717) is 4.99 Å². The third-order valence-corrected chi connectivity index (χ3v) is 3.74. The maximum atomic E-state index is 12.1. The Balaban J connectivity index is 2.73. The first-order valence-electron chi connectivity index (χ1n) is 5.64. The van der Waals surface area contributed by atoms with Crippen molar-refractivity contribution < 1.29 is 4.79 Å². The minimum Gasteiger partial charge on any atom is -0.392 e. The molecule has 0 aliphatic heterocycles. The Morgan fingerprint density at radius 2 is 2.07 bits per heavy atom. The summed E-state index contributed by atoms with van der Waals surface area (Å²) in [6, 6.07) is 0.198. The predicted octanol–water partition coefficient (Wildman–Crippen LogP) is 1.75. The molecule has 1 unspecified atom stereocenters. The second kappa shape index (κ2) is 4.92. The van der Waals surface area contributed by atoms with E-state index in [1.165, 1.54) is 0 Å². The Labute approximate surface area is 96.8 Å². The molecule has 0 radical (unpaired) electrons. The first-order valence-corrected chi connectivity index (χ1v) is 6.04. The van der Waals surface area contributed by atoms with Gasteiger partial charge < -0.3 is 11.1 Å². The summed E-state index contributed by atoms with van der Waals surface area (Å²) in [4.78, 5) is 12.5. The van der Waals surface area contributed by atoms with Gasteiger partial charge in [0.15, 0.2) is 0 Å². The van der Waals surface area contributed by atoms with Crippen LogP contribution in [0.2, 0.25) is 0 Å². The summed E-state index contributed by atoms with van der Waals surface area (Å²) in [5, 5.41) is 2.99. The standard InChI is InChI=1S/C11H20N2OS/c1-3-8(2)13-10(14)11(9(12)15)6-4-5-7-11/h8H,3-7H2,1-2H3,(H2,12,15)(H,13,14). The molecule has 3 N–H and O–H groups in total. The van der Waals surface area contributed by atoms with Crippen LogP contribution in [0.5, 0.6) is 0 Å². The van der Waals surface area contributed by atoms with Gasteiger partial charge in [-0.25, -0.2) is 0 Å². The van der Waals surface area contributed by atoms with Gasteiger partial charge in [0.2, 0.25) is 5.91 Å². The fourth-order valence-electron chi connectivity index (χ4n) is 2.03. The number of thiocarbonyl (C=S) groups is 1. The number of nitrogens with two attached hydrogens (primary N) is 1. The van der Waals surface area contributed by atoms with Crippen LogP contribution in [-0.2, 0) is 4.79 Å². The van der Waals surface area contributed by atoms with E-state index < -0.39 is 5.41 Å². The molecule has 1 aliphatic carbocycles. The van der Waals surface area contributed by atoms with Gasteiger partial charge in [-0.15, -0.1) is 0 Å². The van der Waals surface area contributed by atoms with Crippen molar-refractivity contribution in [3.8, 4) is 0 Å². The van der Waals surface area contributed by atoms with E-state index in [1.807, 2.05) is 13.8 Å². The van der Waals surface area contributed by atoms with Crippen molar-refractivity contribution in [1.29, 1.82) is 0 Å². The van der Waals surface area contributed by atoms with Crippen LogP contribution in [0, 0.1) is 5.41 Å². The van der Waals surface area contributed by atoms with Crippen molar-refractivity contribution in [1.82, 2.24) is 5.32 Å². The normalized spacial score (nSPS) is 20.9. The highest BCUT2D eigenvalue weighted by Crippen LogP contribution is 2.38. The van der Waals surface area contributed by atoms with E-state index in [-0.39, 0.29) is 11.9 Å². The fourth-order valence-corrected chi connectivity index (χ4v) is 2.32. The highest BCUT2D eigenvalue weighted by Gasteiger charge is 2.44. The molecule has 0 spiro atoms. The second-order valence-electron chi connectivity index (χ2n) is 4.44. The molecule has 1 saturated carbocycles. The van der Waals surface area contributed by atoms with E-state index in [9.17, 15) is 4.79 Å². The zero-order chi connectivity index (χ0) is 11.5. The van der Waals surface area contributed by atoms with Crippen LogP contribution in [0.15, 0.2) is 0 Å². The van der Waals surface area contributed by atoms with Gasteiger partial charge in [0.05, 0.1) is 10.4 Å². The number of rotatable bonds is 4. The molecule has 15 heavy (non-hydrogen) atoms. The Kier molecular flexibility index (Phi) is 4.08. The molecule has 0 aromatic rings. The minimum atomic E-state index is -0.557. The smallest absolute Gasteiger partial charge is 0.233 e. The van der Waals surface area contributed by atoms with Crippen LogP contribution >= 0.6 is 12.2 Å². The van der Waals surface area contributed by atoms with E-state index in [4.69, 9.17) is 18.0 Å². The number of carbonyl (C=O) groups is 1. The van der Waals surface area contributed by atoms with Crippen molar-refractivity contribution >= 4 is 23.1 Å². The molecule has 1 amide bonds. The summed E-state index contributed by atoms with van der Waals surface area (Å²) in [5.74, 6) is 0.0295. The fraction of sp³-hybridized carbons (Fsp3) is 0.818. The molecule has 0 aromatic carbocycles. The van der Waals surface area contributed by atoms with Crippen molar-refractivity contribution in [2.75, 3.05) is 0 Å². The number of hydrogen-bond donors (Lipinski definition) is 2. The lowest BCUT2D eigenvalue weighted by atomic mass is 9.85. The van der Waals surface area contributed by atoms with Gasteiger partial charge in [0.1, 0.15) is 0 Å². The van der Waals surface area contributed by atoms with Gasteiger partial charge in [0, 0.05) is 6.04 Å². The summed E-state index contributed by atoms with van der Waals surface area (Å²) in [5.41, 5.74) is 5.16. The molecule has 4 heteroatoms. The molecule has 3 nitrogen and oxygen atoms in total. The van der Waals surface area contributed by atoms with E-state index >= 15 is 0 Å². The summed E-state index contributed by atoms with van der Waals surface area (Å²) in [7, 11) is 0. The zero-order valence-corrected chi connectivity index (χ0v) is 10.3. The van der Waals surface area contributed by atoms with Crippen molar-refractivity contribution in [2.24, 2.45) is 11.1 Å². The van der Waals surface area contributed by atoms with Gasteiger partial charge in [-0.3, -0.25) is 4.79 Å². The van der Waals surface area contributed by atoms with Gasteiger partial charge in [-0.1, -0.05) is 32.0 Å². The SMILES string of the molecule is CCC(C)NC(=O)C1(C(N)=S)CCCC1. The lowest BCUT2D eigenvalue weighted by Gasteiger charge is -2.27. The van der Waals surface area contributed by atoms with Crippen LogP contribution in [0.4, 0.5) is 0 Å². The highest BCUT2D eigenvalue weighted by atomic mass is 32.1. The molecule has 86 valence electrons. The minimum absolute atomic E-state index is 0.0295. The first-order chi connectivity index (χ1) is 7.03. The second-order valence-corrected chi connectivity index (χ2v) is 4.88. The third kappa shape index (κ3) is 2.48. The quantitative estimate of drug-likeness (QED) is 0.721. The molecule has 0 bridgehead atoms. The van der Waals surface area contributed by atoms with Crippen molar-refractivity contribution in [2.45, 2.75) is 52.0 Å². The summed E-state index contributed by atoms with van der Waals surface area (Å²) in [6.07, 6.45) is 4.64. The van der Waals surface area contributed by atoms with E-state index in [2.05, 4.69) is 5.32 Å². The van der Waals surface area contributed by atoms with Crippen molar-refractivity contribution in [3.63, 3.8) is 0 Å². The van der Waals surface area contributed by atoms with Gasteiger partial charge in [0.25, 0.3) is 0 Å².